The highest BCUT2D eigenvalue weighted by Gasteiger charge is 2.29. The standard InChI is InChI=1S/C57H53B18N3OS/c58-33-26(27-34(59)42(67)46(71)43(68)35(27)60)36(61)50(75)54-29(33)30-38(63)41(66)40(65)32(53(30)80-54)57-77-55(76-56(78-57)31-25-28-37(62)44(69)47(72)49(74)52(28)79-51(25)48(73)45(70)39(31)64)22-15-13-21(14-16-22)24-8-4-7-23(17-24)20-11-9-19(10-12-20)18-5-2-1-3-6-18/h1-17H,58-75H2. The molecule has 0 N–H and O–H groups in total. The van der Waals surface area contributed by atoms with Crippen LogP contribution in [0.4, 0.5) is 0 Å². The van der Waals surface area contributed by atoms with Crippen LogP contribution in [0.3, 0.4) is 0 Å². The van der Waals surface area contributed by atoms with Crippen molar-refractivity contribution in [2.45, 2.75) is 0 Å². The molecule has 0 unspecified atom stereocenters. The number of hydrogen-bond acceptors (Lipinski definition) is 5. The second-order valence-electron chi connectivity index (χ2n) is 23.2. The first kappa shape index (κ1) is 53.8. The normalized spacial score (nSPS) is 11.7. The summed E-state index contributed by atoms with van der Waals surface area (Å²) >= 11 is 1.90. The highest BCUT2D eigenvalue weighted by molar-refractivity contribution is 7.28. The van der Waals surface area contributed by atoms with Gasteiger partial charge in [-0.25, -0.2) is 15.0 Å². The molecule has 362 valence electrons. The van der Waals surface area contributed by atoms with Crippen LogP contribution in [0.25, 0.3) is 121 Å². The minimum absolute atomic E-state index is 0.635. The van der Waals surface area contributed by atoms with Crippen molar-refractivity contribution in [1.29, 1.82) is 0 Å². The van der Waals surface area contributed by atoms with Crippen LogP contribution in [-0.4, -0.2) is 156 Å². The average Bonchev–Trinajstić information content (AvgIpc) is 4.23. The molecule has 0 fully saturated rings. The summed E-state index contributed by atoms with van der Waals surface area (Å²) in [5.74, 6) is 1.97. The Bertz CT molecular complexity index is 4650. The zero-order valence-electron chi connectivity index (χ0n) is 50.0. The summed E-state index contributed by atoms with van der Waals surface area (Å²) in [6, 6.07) is 37.1. The third-order valence-corrected chi connectivity index (χ3v) is 20.8. The third-order valence-electron chi connectivity index (χ3n) is 19.4. The van der Waals surface area contributed by atoms with Gasteiger partial charge in [-0.15, -0.1) is 33.2 Å². The van der Waals surface area contributed by atoms with Crippen molar-refractivity contribution < 1.29 is 4.42 Å². The fourth-order valence-corrected chi connectivity index (χ4v) is 14.8. The van der Waals surface area contributed by atoms with E-state index in [1.54, 1.807) is 0 Å². The van der Waals surface area contributed by atoms with Crippen molar-refractivity contribution in [3.63, 3.8) is 0 Å². The first-order valence-electron chi connectivity index (χ1n) is 28.3. The highest BCUT2D eigenvalue weighted by atomic mass is 32.1. The summed E-state index contributed by atoms with van der Waals surface area (Å²) in [6.45, 7) is 0. The van der Waals surface area contributed by atoms with E-state index in [0.29, 0.717) is 17.5 Å². The van der Waals surface area contributed by atoms with Crippen LogP contribution in [0.5, 0.6) is 0 Å². The number of benzene rings is 9. The molecule has 12 aromatic rings. The Kier molecular flexibility index (Phi) is 13.5. The lowest BCUT2D eigenvalue weighted by molar-refractivity contribution is 0.675. The fraction of sp³-hybridized carbons (Fsp3) is 0. The van der Waals surface area contributed by atoms with E-state index in [9.17, 15) is 0 Å². The van der Waals surface area contributed by atoms with Crippen molar-refractivity contribution in [3.8, 4) is 78.7 Å². The summed E-state index contributed by atoms with van der Waals surface area (Å²) in [7, 11) is 41.0. The summed E-state index contributed by atoms with van der Waals surface area (Å²) < 4.78 is 9.60. The van der Waals surface area contributed by atoms with Crippen LogP contribution in [0.2, 0.25) is 0 Å². The van der Waals surface area contributed by atoms with Gasteiger partial charge >= 0.3 is 0 Å². The molecular formula is C57H53B18N3OS. The van der Waals surface area contributed by atoms with Crippen molar-refractivity contribution in [1.82, 2.24) is 15.0 Å². The number of nitrogens with zero attached hydrogens (tertiary/aromatic N) is 3. The fourth-order valence-electron chi connectivity index (χ4n) is 13.2. The first-order chi connectivity index (χ1) is 38.2. The maximum Gasteiger partial charge on any atom is 0.164 e. The highest BCUT2D eigenvalue weighted by Crippen LogP contribution is 2.39. The van der Waals surface area contributed by atoms with Crippen LogP contribution in [0.15, 0.2) is 108 Å². The van der Waals surface area contributed by atoms with E-state index in [2.05, 4.69) is 244 Å². The zero-order chi connectivity index (χ0) is 56.7. The van der Waals surface area contributed by atoms with E-state index >= 15 is 0 Å². The second-order valence-corrected chi connectivity index (χ2v) is 24.2. The molecule has 0 bridgehead atoms. The zero-order valence-corrected chi connectivity index (χ0v) is 50.8. The molecule has 23 heteroatoms. The Morgan fingerprint density at radius 2 is 0.613 bits per heavy atom. The van der Waals surface area contributed by atoms with Gasteiger partial charge < -0.3 is 4.42 Å². The summed E-state index contributed by atoms with van der Waals surface area (Å²) in [4.78, 5) is 17.0. The van der Waals surface area contributed by atoms with Crippen LogP contribution in [0, 0.1) is 0 Å². The second kappa shape index (κ2) is 20.0. The molecule has 0 spiro atoms. The van der Waals surface area contributed by atoms with Gasteiger partial charge in [0, 0.05) is 36.9 Å². The van der Waals surface area contributed by atoms with Gasteiger partial charge in [0.1, 0.15) is 152 Å². The maximum absolute atomic E-state index is 7.05. The molecule has 0 saturated carbocycles. The predicted octanol–water partition coefficient (Wildman–Crippen LogP) is -15.5. The molecule has 0 aliphatic heterocycles. The number of aromatic nitrogens is 3. The van der Waals surface area contributed by atoms with Gasteiger partial charge in [-0.1, -0.05) is 174 Å². The van der Waals surface area contributed by atoms with Crippen LogP contribution < -0.4 is 98.3 Å². The third kappa shape index (κ3) is 8.17. The van der Waals surface area contributed by atoms with Crippen LogP contribution >= 0.6 is 11.3 Å². The number of fused-ring (bicyclic) bond motifs is 6. The van der Waals surface area contributed by atoms with Crippen molar-refractivity contribution in [2.75, 3.05) is 0 Å². The number of thiophene rings is 1. The van der Waals surface area contributed by atoms with Gasteiger partial charge in [0.25, 0.3) is 0 Å². The smallest absolute Gasteiger partial charge is 0.164 e. The number of furan rings is 1. The monoisotopic (exact) mass is 1030 g/mol. The summed E-state index contributed by atoms with van der Waals surface area (Å²) in [6.07, 6.45) is 0. The Morgan fingerprint density at radius 3 is 1.20 bits per heavy atom. The van der Waals surface area contributed by atoms with Gasteiger partial charge in [-0.05, 0) is 61.3 Å². The van der Waals surface area contributed by atoms with Crippen molar-refractivity contribution in [3.05, 3.63) is 103 Å². The van der Waals surface area contributed by atoms with E-state index in [0.717, 1.165) is 60.7 Å². The van der Waals surface area contributed by atoms with Gasteiger partial charge in [0.2, 0.25) is 0 Å². The molecule has 9 aromatic carbocycles. The molecule has 3 heterocycles. The van der Waals surface area contributed by atoms with E-state index in [-0.39, 0.29) is 0 Å². The Hall–Kier alpha value is -6.82. The molecule has 3 aromatic heterocycles. The lowest BCUT2D eigenvalue weighted by Gasteiger charge is -2.25. The first-order valence-corrected chi connectivity index (χ1v) is 29.1. The Morgan fingerprint density at radius 1 is 0.250 bits per heavy atom. The van der Waals surface area contributed by atoms with Gasteiger partial charge in [-0.2, -0.15) is 0 Å². The molecule has 0 amide bonds. The number of rotatable bonds is 7. The molecular weight excluding hydrogens is 969 g/mol. The average molecular weight is 1020 g/mol. The van der Waals surface area contributed by atoms with Crippen molar-refractivity contribution in [2.24, 2.45) is 0 Å². The molecule has 12 rings (SSSR count). The van der Waals surface area contributed by atoms with E-state index in [1.807, 2.05) is 11.3 Å². The molecule has 0 atom stereocenters. The lowest BCUT2D eigenvalue weighted by atomic mass is 9.57. The Balaban J connectivity index is 1.10. The van der Waals surface area contributed by atoms with E-state index in [1.165, 1.54) is 141 Å². The minimum atomic E-state index is 0.635. The molecule has 4 nitrogen and oxygen atoms in total. The Labute approximate surface area is 490 Å². The molecule has 80 heavy (non-hydrogen) atoms. The van der Waals surface area contributed by atoms with Gasteiger partial charge in [0.15, 0.2) is 17.5 Å². The molecule has 0 saturated heterocycles. The molecule has 0 radical (unpaired) electrons. The lowest BCUT2D eigenvalue weighted by Crippen LogP contribution is -2.56. The SMILES string of the molecule is Bc1c(B)c(B)c(-c2c(B)c(B)c3sc4c(-c5nc(-c6ccc(-c7cccc(-c8ccc(-c9ccccc9)cc8)c7)cc6)nc(-c6c(B)c(B)c(B)c7oc8c(B)c(B)c(B)c(B)c8c67)n5)c(B)c(B)c(B)c4c3c2B)c(B)c1B. The van der Waals surface area contributed by atoms with Crippen LogP contribution in [-0.2, 0) is 0 Å². The van der Waals surface area contributed by atoms with E-state index in [4.69, 9.17) is 19.4 Å². The minimum Gasteiger partial charge on any atom is -0.457 e. The summed E-state index contributed by atoms with van der Waals surface area (Å²) in [5, 5.41) is 4.85. The quantitative estimate of drug-likeness (QED) is 0.149. The number of hydrogen-bond donors (Lipinski definition) is 0. The summed E-state index contributed by atoms with van der Waals surface area (Å²) in [5.41, 5.74) is 37.7. The molecule has 0 aliphatic carbocycles. The van der Waals surface area contributed by atoms with Crippen LogP contribution in [0.1, 0.15) is 0 Å². The van der Waals surface area contributed by atoms with Gasteiger partial charge in [0.05, 0.1) is 0 Å². The van der Waals surface area contributed by atoms with Crippen molar-refractivity contribution >= 4 is 293 Å². The largest absolute Gasteiger partial charge is 0.457 e. The molecule has 0 aliphatic rings. The van der Waals surface area contributed by atoms with Gasteiger partial charge in [-0.3, -0.25) is 0 Å². The van der Waals surface area contributed by atoms with E-state index < -0.39 is 0 Å². The topological polar surface area (TPSA) is 51.8 Å². The maximum atomic E-state index is 7.05. The predicted molar refractivity (Wildman–Crippen MR) is 405 cm³/mol.